The normalized spacial score (nSPS) is 13.8. The number of carbonyl (C=O) groups is 1. The van der Waals surface area contributed by atoms with E-state index in [1.54, 1.807) is 6.20 Å². The molecule has 0 unspecified atom stereocenters. The summed E-state index contributed by atoms with van der Waals surface area (Å²) < 4.78 is 0. The summed E-state index contributed by atoms with van der Waals surface area (Å²) in [6.07, 6.45) is 2.71. The number of carbonyl (C=O) groups excluding carboxylic acids is 1. The molecule has 0 bridgehead atoms. The van der Waals surface area contributed by atoms with Crippen molar-refractivity contribution < 1.29 is 4.79 Å². The molecule has 30 heavy (non-hydrogen) atoms. The quantitative estimate of drug-likeness (QED) is 0.678. The zero-order valence-corrected chi connectivity index (χ0v) is 17.0. The largest absolute Gasteiger partial charge is 0.352 e. The van der Waals surface area contributed by atoms with Crippen LogP contribution in [0.3, 0.4) is 0 Å². The van der Waals surface area contributed by atoms with Crippen LogP contribution in [0.4, 0.5) is 27.9 Å². The van der Waals surface area contributed by atoms with Gasteiger partial charge in [0, 0.05) is 38.1 Å². The van der Waals surface area contributed by atoms with Gasteiger partial charge in [0.25, 0.3) is 0 Å². The highest BCUT2D eigenvalue weighted by molar-refractivity contribution is 5.89. The van der Waals surface area contributed by atoms with Gasteiger partial charge in [-0.15, -0.1) is 10.2 Å². The minimum Gasteiger partial charge on any atom is -0.352 e. The minimum absolute atomic E-state index is 0.0695. The monoisotopic (exact) mass is 403 g/mol. The molecule has 0 aliphatic carbocycles. The standard InChI is InChI=1S/C22H25N7O/c1-2-17-6-8-18(9-7-17)24-22(30)29-15-13-28(14-16-29)21-11-10-20(26-27-21)25-19-5-3-4-12-23-19/h3-12H,2,13-16H2,1H3,(H,24,30)(H,23,25,26). The lowest BCUT2D eigenvalue weighted by molar-refractivity contribution is 0.208. The Morgan fingerprint density at radius 3 is 2.37 bits per heavy atom. The van der Waals surface area contributed by atoms with Gasteiger partial charge in [0.05, 0.1) is 0 Å². The third-order valence-corrected chi connectivity index (χ3v) is 5.08. The molecule has 1 fully saturated rings. The number of aryl methyl sites for hydroxylation is 1. The molecule has 3 heterocycles. The van der Waals surface area contributed by atoms with E-state index in [9.17, 15) is 4.79 Å². The lowest BCUT2D eigenvalue weighted by Crippen LogP contribution is -2.50. The maximum Gasteiger partial charge on any atom is 0.321 e. The summed E-state index contributed by atoms with van der Waals surface area (Å²) in [6.45, 7) is 4.80. The number of urea groups is 1. The number of hydrogen-bond acceptors (Lipinski definition) is 6. The number of anilines is 4. The summed E-state index contributed by atoms with van der Waals surface area (Å²) in [7, 11) is 0. The van der Waals surface area contributed by atoms with Gasteiger partial charge in [-0.05, 0) is 48.4 Å². The van der Waals surface area contributed by atoms with Crippen LogP contribution in [0.5, 0.6) is 0 Å². The minimum atomic E-state index is -0.0695. The predicted octanol–water partition coefficient (Wildman–Crippen LogP) is 3.53. The van der Waals surface area contributed by atoms with Gasteiger partial charge in [-0.25, -0.2) is 9.78 Å². The van der Waals surface area contributed by atoms with Gasteiger partial charge in [0.15, 0.2) is 11.6 Å². The Bertz CT molecular complexity index is 953. The zero-order valence-electron chi connectivity index (χ0n) is 17.0. The number of piperazine rings is 1. The van der Waals surface area contributed by atoms with E-state index in [2.05, 4.69) is 37.6 Å². The molecule has 154 valence electrons. The summed E-state index contributed by atoms with van der Waals surface area (Å²) in [5.41, 5.74) is 2.07. The smallest absolute Gasteiger partial charge is 0.321 e. The number of pyridine rings is 1. The Morgan fingerprint density at radius 1 is 0.933 bits per heavy atom. The van der Waals surface area contributed by atoms with E-state index >= 15 is 0 Å². The Morgan fingerprint density at radius 2 is 1.73 bits per heavy atom. The molecule has 8 heteroatoms. The molecule has 3 aromatic rings. The number of rotatable bonds is 5. The summed E-state index contributed by atoms with van der Waals surface area (Å²) in [4.78, 5) is 20.7. The van der Waals surface area contributed by atoms with E-state index in [1.165, 1.54) is 5.56 Å². The first-order valence-corrected chi connectivity index (χ1v) is 10.1. The maximum absolute atomic E-state index is 12.5. The molecule has 1 aliphatic heterocycles. The van der Waals surface area contributed by atoms with Gasteiger partial charge in [0.2, 0.25) is 0 Å². The van der Waals surface area contributed by atoms with E-state index in [-0.39, 0.29) is 6.03 Å². The second-order valence-electron chi connectivity index (χ2n) is 7.07. The fourth-order valence-corrected chi connectivity index (χ4v) is 3.29. The lowest BCUT2D eigenvalue weighted by Gasteiger charge is -2.35. The molecule has 1 saturated heterocycles. The maximum atomic E-state index is 12.5. The van der Waals surface area contributed by atoms with Crippen LogP contribution in [0, 0.1) is 0 Å². The Labute approximate surface area is 176 Å². The molecule has 0 radical (unpaired) electrons. The average molecular weight is 403 g/mol. The van der Waals surface area contributed by atoms with Crippen molar-refractivity contribution >= 4 is 29.2 Å². The molecule has 0 saturated carbocycles. The number of benzene rings is 1. The molecule has 8 nitrogen and oxygen atoms in total. The van der Waals surface area contributed by atoms with E-state index in [1.807, 2.05) is 59.5 Å². The lowest BCUT2D eigenvalue weighted by atomic mass is 10.1. The highest BCUT2D eigenvalue weighted by Gasteiger charge is 2.22. The molecule has 1 aliphatic rings. The van der Waals surface area contributed by atoms with E-state index in [0.717, 1.165) is 23.7 Å². The van der Waals surface area contributed by atoms with Gasteiger partial charge >= 0.3 is 6.03 Å². The average Bonchev–Trinajstić information content (AvgIpc) is 2.81. The molecule has 0 atom stereocenters. The molecule has 2 N–H and O–H groups in total. The predicted molar refractivity (Wildman–Crippen MR) is 118 cm³/mol. The number of nitrogens with zero attached hydrogens (tertiary/aromatic N) is 5. The van der Waals surface area contributed by atoms with Crippen molar-refractivity contribution in [2.75, 3.05) is 41.7 Å². The number of amides is 2. The van der Waals surface area contributed by atoms with Crippen LogP contribution in [0.15, 0.2) is 60.8 Å². The van der Waals surface area contributed by atoms with Gasteiger partial charge in [-0.1, -0.05) is 25.1 Å². The van der Waals surface area contributed by atoms with Crippen LogP contribution in [-0.4, -0.2) is 52.3 Å². The molecule has 2 aromatic heterocycles. The fraction of sp³-hybridized carbons (Fsp3) is 0.273. The van der Waals surface area contributed by atoms with Crippen LogP contribution in [0.2, 0.25) is 0 Å². The zero-order chi connectivity index (χ0) is 20.8. The number of nitrogens with one attached hydrogen (secondary N) is 2. The fourth-order valence-electron chi connectivity index (χ4n) is 3.29. The summed E-state index contributed by atoms with van der Waals surface area (Å²) in [5.74, 6) is 2.17. The first-order chi connectivity index (χ1) is 14.7. The molecule has 1 aromatic carbocycles. The van der Waals surface area contributed by atoms with Crippen molar-refractivity contribution in [3.05, 3.63) is 66.4 Å². The topological polar surface area (TPSA) is 86.3 Å². The Balaban J connectivity index is 1.28. The van der Waals surface area contributed by atoms with Crippen molar-refractivity contribution in [2.45, 2.75) is 13.3 Å². The molecular formula is C22H25N7O. The second-order valence-corrected chi connectivity index (χ2v) is 7.07. The van der Waals surface area contributed by atoms with E-state index in [4.69, 9.17) is 0 Å². The Kier molecular flexibility index (Phi) is 6.03. The third-order valence-electron chi connectivity index (χ3n) is 5.08. The first-order valence-electron chi connectivity index (χ1n) is 10.1. The van der Waals surface area contributed by atoms with Crippen molar-refractivity contribution in [3.8, 4) is 0 Å². The SMILES string of the molecule is CCc1ccc(NC(=O)N2CCN(c3ccc(Nc4ccccn4)nn3)CC2)cc1. The van der Waals surface area contributed by atoms with Crippen molar-refractivity contribution in [1.82, 2.24) is 20.1 Å². The summed E-state index contributed by atoms with van der Waals surface area (Å²) in [5, 5.41) is 14.7. The van der Waals surface area contributed by atoms with Crippen molar-refractivity contribution in [3.63, 3.8) is 0 Å². The number of aromatic nitrogens is 3. The van der Waals surface area contributed by atoms with Crippen molar-refractivity contribution in [2.24, 2.45) is 0 Å². The highest BCUT2D eigenvalue weighted by Crippen LogP contribution is 2.17. The molecule has 4 rings (SSSR count). The van der Waals surface area contributed by atoms with E-state index < -0.39 is 0 Å². The van der Waals surface area contributed by atoms with Crippen LogP contribution in [0.1, 0.15) is 12.5 Å². The Hall–Kier alpha value is -3.68. The molecule has 0 spiro atoms. The van der Waals surface area contributed by atoms with E-state index in [0.29, 0.717) is 32.0 Å². The van der Waals surface area contributed by atoms with Crippen LogP contribution < -0.4 is 15.5 Å². The van der Waals surface area contributed by atoms with Crippen LogP contribution >= 0.6 is 0 Å². The van der Waals surface area contributed by atoms with Crippen LogP contribution in [-0.2, 0) is 6.42 Å². The molecular weight excluding hydrogens is 378 g/mol. The molecule has 2 amide bonds. The number of hydrogen-bond donors (Lipinski definition) is 2. The summed E-state index contributed by atoms with van der Waals surface area (Å²) >= 11 is 0. The first kappa shape index (κ1) is 19.6. The van der Waals surface area contributed by atoms with Gasteiger partial charge in [-0.2, -0.15) is 0 Å². The van der Waals surface area contributed by atoms with Gasteiger partial charge < -0.3 is 20.4 Å². The second kappa shape index (κ2) is 9.21. The van der Waals surface area contributed by atoms with Gasteiger partial charge in [-0.3, -0.25) is 0 Å². The third kappa shape index (κ3) is 4.83. The van der Waals surface area contributed by atoms with Gasteiger partial charge in [0.1, 0.15) is 5.82 Å². The highest BCUT2D eigenvalue weighted by atomic mass is 16.2. The van der Waals surface area contributed by atoms with Crippen molar-refractivity contribution in [1.29, 1.82) is 0 Å². The van der Waals surface area contributed by atoms with Crippen LogP contribution in [0.25, 0.3) is 0 Å². The summed E-state index contributed by atoms with van der Waals surface area (Å²) in [6, 6.07) is 17.4.